The number of ether oxygens (including phenoxy) is 1. The van der Waals surface area contributed by atoms with Crippen molar-refractivity contribution in [2.75, 3.05) is 13.7 Å². The average Bonchev–Trinajstić information content (AvgIpc) is 2.74. The Morgan fingerprint density at radius 1 is 1.33 bits per heavy atom. The van der Waals surface area contributed by atoms with Crippen LogP contribution in [0.25, 0.3) is 0 Å². The van der Waals surface area contributed by atoms with Crippen LogP contribution >= 0.6 is 15.9 Å². The smallest absolute Gasteiger partial charge is 0.260 e. The van der Waals surface area contributed by atoms with Gasteiger partial charge in [0.05, 0.1) is 0 Å². The highest BCUT2D eigenvalue weighted by Gasteiger charge is 2.21. The van der Waals surface area contributed by atoms with Crippen LogP contribution in [0.4, 0.5) is 4.39 Å². The standard InChI is InChI=1S/C16H21BrFNO2/c1-19(13-6-4-2-3-5-7-13)16(20)11-21-15-9-8-12(17)10-14(15)18/h8-10,13H,2-7,11H2,1H3. The Bertz CT molecular complexity index is 487. The molecule has 0 bridgehead atoms. The van der Waals surface area contributed by atoms with Crippen molar-refractivity contribution in [3.05, 3.63) is 28.5 Å². The van der Waals surface area contributed by atoms with E-state index in [1.54, 1.807) is 11.0 Å². The predicted octanol–water partition coefficient (Wildman–Crippen LogP) is 4.15. The van der Waals surface area contributed by atoms with Gasteiger partial charge in [-0.2, -0.15) is 0 Å². The molecule has 0 atom stereocenters. The Labute approximate surface area is 133 Å². The fourth-order valence-electron chi connectivity index (χ4n) is 2.68. The molecule has 1 aliphatic rings. The van der Waals surface area contributed by atoms with Gasteiger partial charge in [0.25, 0.3) is 5.91 Å². The van der Waals surface area contributed by atoms with Crippen molar-refractivity contribution in [2.24, 2.45) is 0 Å². The molecule has 0 radical (unpaired) electrons. The first kappa shape index (κ1) is 16.3. The summed E-state index contributed by atoms with van der Waals surface area (Å²) in [5, 5.41) is 0. The van der Waals surface area contributed by atoms with Gasteiger partial charge in [-0.1, -0.05) is 41.6 Å². The summed E-state index contributed by atoms with van der Waals surface area (Å²) in [6.07, 6.45) is 6.94. The molecular weight excluding hydrogens is 337 g/mol. The first-order valence-electron chi connectivity index (χ1n) is 7.41. The molecule has 1 aliphatic carbocycles. The summed E-state index contributed by atoms with van der Waals surface area (Å²) < 4.78 is 19.6. The minimum absolute atomic E-state index is 0.0933. The molecule has 1 aromatic carbocycles. The van der Waals surface area contributed by atoms with Crippen molar-refractivity contribution in [3.63, 3.8) is 0 Å². The van der Waals surface area contributed by atoms with Crippen molar-refractivity contribution in [3.8, 4) is 5.75 Å². The molecule has 116 valence electrons. The number of nitrogens with zero attached hydrogens (tertiary/aromatic N) is 1. The van der Waals surface area contributed by atoms with Gasteiger partial charge < -0.3 is 9.64 Å². The number of hydrogen-bond donors (Lipinski definition) is 0. The maximum absolute atomic E-state index is 13.6. The van der Waals surface area contributed by atoms with E-state index in [-0.39, 0.29) is 18.3 Å². The molecule has 1 amide bonds. The van der Waals surface area contributed by atoms with E-state index in [4.69, 9.17) is 4.74 Å². The van der Waals surface area contributed by atoms with Crippen LogP contribution in [0.1, 0.15) is 38.5 Å². The van der Waals surface area contributed by atoms with Crippen LogP contribution in [0.15, 0.2) is 22.7 Å². The van der Waals surface area contributed by atoms with Crippen LogP contribution in [0, 0.1) is 5.82 Å². The van der Waals surface area contributed by atoms with Crippen molar-refractivity contribution in [1.29, 1.82) is 0 Å². The molecule has 21 heavy (non-hydrogen) atoms. The molecule has 0 aliphatic heterocycles. The first-order chi connectivity index (χ1) is 10.1. The summed E-state index contributed by atoms with van der Waals surface area (Å²) in [4.78, 5) is 13.9. The van der Waals surface area contributed by atoms with E-state index in [0.717, 1.165) is 12.8 Å². The fraction of sp³-hybridized carbons (Fsp3) is 0.562. The Hall–Kier alpha value is -1.10. The van der Waals surface area contributed by atoms with Crippen LogP contribution in [0.5, 0.6) is 5.75 Å². The van der Waals surface area contributed by atoms with Gasteiger partial charge in [-0.25, -0.2) is 4.39 Å². The average molecular weight is 358 g/mol. The molecular formula is C16H21BrFNO2. The van der Waals surface area contributed by atoms with Crippen molar-refractivity contribution in [2.45, 2.75) is 44.6 Å². The lowest BCUT2D eigenvalue weighted by atomic mass is 10.1. The second-order valence-electron chi connectivity index (χ2n) is 5.51. The lowest BCUT2D eigenvalue weighted by Crippen LogP contribution is -2.39. The molecule has 0 unspecified atom stereocenters. The lowest BCUT2D eigenvalue weighted by molar-refractivity contribution is -0.134. The second kappa shape index (κ2) is 7.78. The van der Waals surface area contributed by atoms with Crippen molar-refractivity contribution < 1.29 is 13.9 Å². The van der Waals surface area contributed by atoms with Crippen LogP contribution in [-0.2, 0) is 4.79 Å². The predicted molar refractivity (Wildman–Crippen MR) is 83.9 cm³/mol. The third kappa shape index (κ3) is 4.70. The van der Waals surface area contributed by atoms with E-state index < -0.39 is 5.82 Å². The highest BCUT2D eigenvalue weighted by atomic mass is 79.9. The quantitative estimate of drug-likeness (QED) is 0.757. The second-order valence-corrected chi connectivity index (χ2v) is 6.43. The topological polar surface area (TPSA) is 29.5 Å². The molecule has 0 aromatic heterocycles. The SMILES string of the molecule is CN(C(=O)COc1ccc(Br)cc1F)C1CCCCCC1. The Kier molecular flexibility index (Phi) is 6.03. The third-order valence-electron chi connectivity index (χ3n) is 4.01. The molecule has 3 nitrogen and oxygen atoms in total. The van der Waals surface area contributed by atoms with Gasteiger partial charge in [-0.3, -0.25) is 4.79 Å². The third-order valence-corrected chi connectivity index (χ3v) is 4.50. The van der Waals surface area contributed by atoms with Crippen LogP contribution in [0.2, 0.25) is 0 Å². The summed E-state index contributed by atoms with van der Waals surface area (Å²) in [5.74, 6) is -0.445. The zero-order valence-corrected chi connectivity index (χ0v) is 13.9. The van der Waals surface area contributed by atoms with Crippen LogP contribution in [0.3, 0.4) is 0 Å². The number of likely N-dealkylation sites (N-methyl/N-ethyl adjacent to an activating group) is 1. The first-order valence-corrected chi connectivity index (χ1v) is 8.20. The Morgan fingerprint density at radius 3 is 2.62 bits per heavy atom. The van der Waals surface area contributed by atoms with Crippen molar-refractivity contribution in [1.82, 2.24) is 4.90 Å². The van der Waals surface area contributed by atoms with E-state index in [0.29, 0.717) is 10.5 Å². The van der Waals surface area contributed by atoms with E-state index in [9.17, 15) is 9.18 Å². The molecule has 5 heteroatoms. The molecule has 1 saturated carbocycles. The maximum atomic E-state index is 13.6. The number of hydrogen-bond acceptors (Lipinski definition) is 2. The molecule has 0 N–H and O–H groups in total. The van der Waals surface area contributed by atoms with Crippen molar-refractivity contribution >= 4 is 21.8 Å². The fourth-order valence-corrected chi connectivity index (χ4v) is 3.02. The summed E-state index contributed by atoms with van der Waals surface area (Å²) in [5.41, 5.74) is 0. The molecule has 1 aromatic rings. The number of amides is 1. The van der Waals surface area contributed by atoms with Crippen LogP contribution < -0.4 is 4.74 Å². The number of rotatable bonds is 4. The molecule has 1 fully saturated rings. The Morgan fingerprint density at radius 2 is 2.00 bits per heavy atom. The number of carbonyl (C=O) groups is 1. The minimum atomic E-state index is -0.464. The minimum Gasteiger partial charge on any atom is -0.481 e. The summed E-state index contributed by atoms with van der Waals surface area (Å²) in [6, 6.07) is 4.84. The molecule has 0 spiro atoms. The van der Waals surface area contributed by atoms with Gasteiger partial charge in [-0.15, -0.1) is 0 Å². The largest absolute Gasteiger partial charge is 0.481 e. The van der Waals surface area contributed by atoms with Gasteiger partial charge >= 0.3 is 0 Å². The zero-order chi connectivity index (χ0) is 15.2. The number of benzene rings is 1. The van der Waals surface area contributed by atoms with Crippen LogP contribution in [-0.4, -0.2) is 30.5 Å². The van der Waals surface area contributed by atoms with E-state index in [1.807, 2.05) is 7.05 Å². The highest BCUT2D eigenvalue weighted by Crippen LogP contribution is 2.23. The van der Waals surface area contributed by atoms with Gasteiger partial charge in [0.1, 0.15) is 0 Å². The molecule has 0 heterocycles. The summed E-state index contributed by atoms with van der Waals surface area (Å²) in [6.45, 7) is -0.119. The van der Waals surface area contributed by atoms with Gasteiger partial charge in [-0.05, 0) is 31.0 Å². The number of carbonyl (C=O) groups excluding carboxylic acids is 1. The van der Waals surface area contributed by atoms with E-state index in [1.165, 1.54) is 37.8 Å². The summed E-state index contributed by atoms with van der Waals surface area (Å²) >= 11 is 3.19. The monoisotopic (exact) mass is 357 g/mol. The molecule has 0 saturated heterocycles. The van der Waals surface area contributed by atoms with E-state index in [2.05, 4.69) is 15.9 Å². The van der Waals surface area contributed by atoms with Gasteiger partial charge in [0.2, 0.25) is 0 Å². The lowest BCUT2D eigenvalue weighted by Gasteiger charge is -2.27. The summed E-state index contributed by atoms with van der Waals surface area (Å²) in [7, 11) is 1.82. The van der Waals surface area contributed by atoms with E-state index >= 15 is 0 Å². The van der Waals surface area contributed by atoms with Gasteiger partial charge in [0.15, 0.2) is 18.2 Å². The maximum Gasteiger partial charge on any atom is 0.260 e. The highest BCUT2D eigenvalue weighted by molar-refractivity contribution is 9.10. The zero-order valence-electron chi connectivity index (χ0n) is 12.3. The molecule has 2 rings (SSSR count). The van der Waals surface area contributed by atoms with Gasteiger partial charge in [0, 0.05) is 17.6 Å². The normalized spacial score (nSPS) is 16.3. The Balaban J connectivity index is 1.88. The number of halogens is 2.